The third-order valence-corrected chi connectivity index (χ3v) is 4.78. The lowest BCUT2D eigenvalue weighted by atomic mass is 9.93. The molecule has 17 heavy (non-hydrogen) atoms. The smallest absolute Gasteiger partial charge is 0.0505 e. The molecule has 2 heteroatoms. The van der Waals surface area contributed by atoms with Crippen molar-refractivity contribution in [1.82, 2.24) is 0 Å². The topological polar surface area (TPSA) is 9.23 Å². The van der Waals surface area contributed by atoms with Crippen molar-refractivity contribution in [3.05, 3.63) is 34.9 Å². The van der Waals surface area contributed by atoms with E-state index in [0.29, 0.717) is 10.7 Å². The van der Waals surface area contributed by atoms with Crippen molar-refractivity contribution in [2.45, 2.75) is 37.9 Å². The van der Waals surface area contributed by atoms with Gasteiger partial charge in [0.2, 0.25) is 0 Å². The summed E-state index contributed by atoms with van der Waals surface area (Å²) < 4.78 is 5.55. The summed E-state index contributed by atoms with van der Waals surface area (Å²) in [6.07, 6.45) is 3.61. The highest BCUT2D eigenvalue weighted by molar-refractivity contribution is 9.09. The van der Waals surface area contributed by atoms with E-state index in [1.807, 2.05) is 0 Å². The SMILES string of the molecule is Cc1ccc(CC(Br)C2CCCOC2)cc1C. The van der Waals surface area contributed by atoms with Gasteiger partial charge < -0.3 is 4.74 Å². The molecule has 94 valence electrons. The number of ether oxygens (including phenoxy) is 1. The van der Waals surface area contributed by atoms with E-state index >= 15 is 0 Å². The van der Waals surface area contributed by atoms with Gasteiger partial charge in [-0.05, 0) is 55.7 Å². The Kier molecular flexibility index (Phi) is 4.63. The van der Waals surface area contributed by atoms with E-state index in [0.717, 1.165) is 19.6 Å². The van der Waals surface area contributed by atoms with Gasteiger partial charge in [-0.15, -0.1) is 0 Å². The van der Waals surface area contributed by atoms with Crippen molar-refractivity contribution in [3.63, 3.8) is 0 Å². The van der Waals surface area contributed by atoms with Crippen LogP contribution in [0.1, 0.15) is 29.5 Å². The Balaban J connectivity index is 1.96. The van der Waals surface area contributed by atoms with Crippen LogP contribution in [0, 0.1) is 19.8 Å². The minimum absolute atomic E-state index is 0.546. The fourth-order valence-corrected chi connectivity index (χ4v) is 3.16. The highest BCUT2D eigenvalue weighted by atomic mass is 79.9. The maximum atomic E-state index is 5.55. The fraction of sp³-hybridized carbons (Fsp3) is 0.600. The van der Waals surface area contributed by atoms with Gasteiger partial charge in [0.05, 0.1) is 6.61 Å². The summed E-state index contributed by atoms with van der Waals surface area (Å²) in [5.41, 5.74) is 4.20. The molecule has 0 aromatic heterocycles. The second-order valence-electron chi connectivity index (χ2n) is 5.12. The molecule has 1 aromatic rings. The second kappa shape index (κ2) is 6.01. The zero-order valence-corrected chi connectivity index (χ0v) is 12.3. The van der Waals surface area contributed by atoms with Crippen LogP contribution in [0.2, 0.25) is 0 Å². The molecule has 1 aromatic carbocycles. The first-order valence-corrected chi connectivity index (χ1v) is 7.36. The van der Waals surface area contributed by atoms with Crippen LogP contribution >= 0.6 is 15.9 Å². The van der Waals surface area contributed by atoms with Crippen LogP contribution < -0.4 is 0 Å². The van der Waals surface area contributed by atoms with Crippen LogP contribution in [0.5, 0.6) is 0 Å². The van der Waals surface area contributed by atoms with Gasteiger partial charge in [-0.1, -0.05) is 34.1 Å². The number of hydrogen-bond acceptors (Lipinski definition) is 1. The lowest BCUT2D eigenvalue weighted by Gasteiger charge is -2.26. The van der Waals surface area contributed by atoms with Crippen molar-refractivity contribution in [2.75, 3.05) is 13.2 Å². The average molecular weight is 297 g/mol. The van der Waals surface area contributed by atoms with Gasteiger partial charge in [-0.25, -0.2) is 0 Å². The summed E-state index contributed by atoms with van der Waals surface area (Å²) in [5.74, 6) is 0.672. The molecule has 1 nitrogen and oxygen atoms in total. The van der Waals surface area contributed by atoms with E-state index in [-0.39, 0.29) is 0 Å². The first kappa shape index (κ1) is 13.1. The maximum Gasteiger partial charge on any atom is 0.0505 e. The van der Waals surface area contributed by atoms with Crippen molar-refractivity contribution in [2.24, 2.45) is 5.92 Å². The molecule has 2 rings (SSSR count). The molecule has 0 bridgehead atoms. The molecule has 0 aliphatic carbocycles. The Morgan fingerprint density at radius 2 is 2.18 bits per heavy atom. The van der Waals surface area contributed by atoms with Crippen LogP contribution in [0.15, 0.2) is 18.2 Å². The highest BCUT2D eigenvalue weighted by Gasteiger charge is 2.22. The molecule has 2 atom stereocenters. The Bertz CT molecular complexity index is 369. The average Bonchev–Trinajstić information content (AvgIpc) is 2.35. The first-order chi connectivity index (χ1) is 8.16. The molecule has 0 spiro atoms. The number of hydrogen-bond donors (Lipinski definition) is 0. The third-order valence-electron chi connectivity index (χ3n) is 3.71. The van der Waals surface area contributed by atoms with E-state index in [1.54, 1.807) is 0 Å². The zero-order valence-electron chi connectivity index (χ0n) is 10.7. The quantitative estimate of drug-likeness (QED) is 0.765. The molecule has 0 saturated carbocycles. The monoisotopic (exact) mass is 296 g/mol. The summed E-state index contributed by atoms with van der Waals surface area (Å²) >= 11 is 3.84. The Morgan fingerprint density at radius 1 is 1.35 bits per heavy atom. The molecular formula is C15H21BrO. The van der Waals surface area contributed by atoms with Crippen LogP contribution in [0.25, 0.3) is 0 Å². The first-order valence-electron chi connectivity index (χ1n) is 6.45. The lowest BCUT2D eigenvalue weighted by molar-refractivity contribution is 0.0547. The molecule has 1 aliphatic rings. The van der Waals surface area contributed by atoms with Crippen molar-refractivity contribution in [1.29, 1.82) is 0 Å². The van der Waals surface area contributed by atoms with Crippen LogP contribution in [0.4, 0.5) is 0 Å². The summed E-state index contributed by atoms with van der Waals surface area (Å²) in [5, 5.41) is 0. The molecule has 0 N–H and O–H groups in total. The predicted molar refractivity (Wildman–Crippen MR) is 75.9 cm³/mol. The summed E-state index contributed by atoms with van der Waals surface area (Å²) in [7, 11) is 0. The van der Waals surface area contributed by atoms with Crippen LogP contribution in [0.3, 0.4) is 0 Å². The largest absolute Gasteiger partial charge is 0.381 e. The molecule has 2 unspecified atom stereocenters. The molecule has 1 saturated heterocycles. The fourth-order valence-electron chi connectivity index (χ4n) is 2.37. The number of alkyl halides is 1. The molecule has 0 radical (unpaired) electrons. The summed E-state index contributed by atoms with van der Waals surface area (Å²) in [4.78, 5) is 0.546. The van der Waals surface area contributed by atoms with Crippen LogP contribution in [-0.4, -0.2) is 18.0 Å². The minimum Gasteiger partial charge on any atom is -0.381 e. The zero-order chi connectivity index (χ0) is 12.3. The molecule has 1 aliphatic heterocycles. The standard InChI is InChI=1S/C15H21BrO/c1-11-5-6-13(8-12(11)2)9-15(16)14-4-3-7-17-10-14/h5-6,8,14-15H,3-4,7,9-10H2,1-2H3. The minimum atomic E-state index is 0.546. The van der Waals surface area contributed by atoms with Gasteiger partial charge in [-0.3, -0.25) is 0 Å². The molecule has 1 heterocycles. The van der Waals surface area contributed by atoms with E-state index in [9.17, 15) is 0 Å². The highest BCUT2D eigenvalue weighted by Crippen LogP contribution is 2.26. The molecule has 0 amide bonds. The predicted octanol–water partition coefficient (Wildman–Crippen LogP) is 4.04. The van der Waals surface area contributed by atoms with E-state index in [4.69, 9.17) is 4.74 Å². The van der Waals surface area contributed by atoms with Crippen LogP contribution in [-0.2, 0) is 11.2 Å². The number of benzene rings is 1. The van der Waals surface area contributed by atoms with E-state index in [1.165, 1.54) is 29.5 Å². The van der Waals surface area contributed by atoms with Gasteiger partial charge >= 0.3 is 0 Å². The van der Waals surface area contributed by atoms with Gasteiger partial charge in [0, 0.05) is 11.4 Å². The maximum absolute atomic E-state index is 5.55. The Hall–Kier alpha value is -0.340. The Morgan fingerprint density at radius 3 is 2.82 bits per heavy atom. The summed E-state index contributed by atoms with van der Waals surface area (Å²) in [6.45, 7) is 6.21. The van der Waals surface area contributed by atoms with Gasteiger partial charge in [0.1, 0.15) is 0 Å². The van der Waals surface area contributed by atoms with Crippen molar-refractivity contribution < 1.29 is 4.74 Å². The van der Waals surface area contributed by atoms with Crippen molar-refractivity contribution >= 4 is 15.9 Å². The Labute approximate surface area is 113 Å². The van der Waals surface area contributed by atoms with Gasteiger partial charge in [0.25, 0.3) is 0 Å². The van der Waals surface area contributed by atoms with E-state index < -0.39 is 0 Å². The number of rotatable bonds is 3. The van der Waals surface area contributed by atoms with Crippen molar-refractivity contribution in [3.8, 4) is 0 Å². The molecule has 1 fully saturated rings. The lowest BCUT2D eigenvalue weighted by Crippen LogP contribution is -2.26. The number of halogens is 1. The second-order valence-corrected chi connectivity index (χ2v) is 6.29. The number of aryl methyl sites for hydroxylation is 2. The van der Waals surface area contributed by atoms with E-state index in [2.05, 4.69) is 48.0 Å². The third kappa shape index (κ3) is 3.56. The summed E-state index contributed by atoms with van der Waals surface area (Å²) in [6, 6.07) is 6.79. The molecular weight excluding hydrogens is 276 g/mol. The normalized spacial score (nSPS) is 22.4. The van der Waals surface area contributed by atoms with Gasteiger partial charge in [0.15, 0.2) is 0 Å². The van der Waals surface area contributed by atoms with Gasteiger partial charge in [-0.2, -0.15) is 0 Å².